The Labute approximate surface area is 104 Å². The molecule has 0 radical (unpaired) electrons. The van der Waals surface area contributed by atoms with E-state index in [9.17, 15) is 8.78 Å². The van der Waals surface area contributed by atoms with E-state index >= 15 is 0 Å². The Kier molecular flexibility index (Phi) is 3.23. The summed E-state index contributed by atoms with van der Waals surface area (Å²) < 4.78 is 27.4. The Morgan fingerprint density at radius 1 is 1.06 bits per heavy atom. The van der Waals surface area contributed by atoms with Gasteiger partial charge in [0.2, 0.25) is 0 Å². The van der Waals surface area contributed by atoms with Gasteiger partial charge in [-0.2, -0.15) is 0 Å². The lowest BCUT2D eigenvalue weighted by atomic mass is 10.1. The van der Waals surface area contributed by atoms with Gasteiger partial charge in [-0.05, 0) is 25.5 Å². The van der Waals surface area contributed by atoms with Gasteiger partial charge >= 0.3 is 0 Å². The predicted molar refractivity (Wildman–Crippen MR) is 66.4 cm³/mol. The molecule has 2 aromatic rings. The Hall–Kier alpha value is -2.04. The van der Waals surface area contributed by atoms with E-state index in [-0.39, 0.29) is 11.1 Å². The first-order valence-electron chi connectivity index (χ1n) is 5.51. The van der Waals surface area contributed by atoms with E-state index in [1.165, 1.54) is 19.1 Å². The fourth-order valence-electron chi connectivity index (χ4n) is 1.68. The molecule has 94 valence electrons. The van der Waals surface area contributed by atoms with Crippen molar-refractivity contribution in [3.63, 3.8) is 0 Å². The van der Waals surface area contributed by atoms with Crippen LogP contribution in [0.1, 0.15) is 11.4 Å². The van der Waals surface area contributed by atoms with Crippen LogP contribution in [0.4, 0.5) is 14.6 Å². The highest BCUT2D eigenvalue weighted by Crippen LogP contribution is 2.26. The minimum Gasteiger partial charge on any atom is -0.373 e. The minimum absolute atomic E-state index is 0.139. The normalized spacial score (nSPS) is 10.5. The second-order valence-corrected chi connectivity index (χ2v) is 3.99. The predicted octanol–water partition coefficient (Wildman–Crippen LogP) is 3.08. The van der Waals surface area contributed by atoms with E-state index in [0.29, 0.717) is 17.3 Å². The van der Waals surface area contributed by atoms with Crippen molar-refractivity contribution in [1.29, 1.82) is 0 Å². The summed E-state index contributed by atoms with van der Waals surface area (Å²) >= 11 is 0. The molecule has 0 aliphatic carbocycles. The molecule has 18 heavy (non-hydrogen) atoms. The summed E-state index contributed by atoms with van der Waals surface area (Å²) in [4.78, 5) is 8.23. The maximum Gasteiger partial charge on any atom is 0.168 e. The van der Waals surface area contributed by atoms with Crippen LogP contribution in [0.15, 0.2) is 18.2 Å². The van der Waals surface area contributed by atoms with Crippen molar-refractivity contribution >= 4 is 5.82 Å². The van der Waals surface area contributed by atoms with Crippen LogP contribution in [0.25, 0.3) is 11.3 Å². The second kappa shape index (κ2) is 4.68. The number of halogens is 2. The number of aryl methyl sites for hydroxylation is 2. The number of hydrogen-bond acceptors (Lipinski definition) is 3. The van der Waals surface area contributed by atoms with Gasteiger partial charge < -0.3 is 5.32 Å². The van der Waals surface area contributed by atoms with E-state index < -0.39 is 11.6 Å². The minimum atomic E-state index is -0.879. The Bertz CT molecular complexity index is 597. The number of anilines is 1. The topological polar surface area (TPSA) is 37.8 Å². The zero-order valence-electron chi connectivity index (χ0n) is 10.4. The first kappa shape index (κ1) is 12.4. The molecular weight excluding hydrogens is 236 g/mol. The first-order chi connectivity index (χ1) is 8.52. The number of benzene rings is 1. The zero-order valence-corrected chi connectivity index (χ0v) is 10.4. The fraction of sp³-hybridized carbons (Fsp3) is 0.231. The van der Waals surface area contributed by atoms with Crippen LogP contribution in [0.3, 0.4) is 0 Å². The van der Waals surface area contributed by atoms with Gasteiger partial charge in [-0.1, -0.05) is 6.07 Å². The van der Waals surface area contributed by atoms with Crippen molar-refractivity contribution in [2.24, 2.45) is 0 Å². The molecule has 3 nitrogen and oxygen atoms in total. The Morgan fingerprint density at radius 3 is 2.44 bits per heavy atom. The molecule has 0 unspecified atom stereocenters. The smallest absolute Gasteiger partial charge is 0.168 e. The van der Waals surface area contributed by atoms with Gasteiger partial charge in [0.15, 0.2) is 11.6 Å². The summed E-state index contributed by atoms with van der Waals surface area (Å²) in [5.41, 5.74) is 0.777. The van der Waals surface area contributed by atoms with Gasteiger partial charge in [-0.15, -0.1) is 0 Å². The maximum atomic E-state index is 13.9. The number of rotatable bonds is 2. The van der Waals surface area contributed by atoms with Gasteiger partial charge in [0.1, 0.15) is 11.6 Å². The highest BCUT2D eigenvalue weighted by atomic mass is 19.2. The Balaban J connectivity index is 2.62. The monoisotopic (exact) mass is 249 g/mol. The molecule has 0 saturated carbocycles. The molecule has 1 aromatic heterocycles. The van der Waals surface area contributed by atoms with Crippen LogP contribution in [0.5, 0.6) is 0 Å². The first-order valence-corrected chi connectivity index (χ1v) is 5.51. The highest BCUT2D eigenvalue weighted by Gasteiger charge is 2.14. The second-order valence-electron chi connectivity index (χ2n) is 3.99. The molecule has 0 amide bonds. The molecule has 5 heteroatoms. The van der Waals surface area contributed by atoms with Gasteiger partial charge in [-0.3, -0.25) is 0 Å². The standard InChI is InChI=1S/C13H13F2N3/c1-7-4-5-9(13(15)12(7)14)10-6-11(16-3)18-8(2)17-10/h4-6H,1-3H3,(H,16,17,18). The molecule has 0 aliphatic heterocycles. The summed E-state index contributed by atoms with van der Waals surface area (Å²) in [6, 6.07) is 4.64. The van der Waals surface area contributed by atoms with Crippen LogP contribution in [-0.4, -0.2) is 17.0 Å². The molecule has 0 bridgehead atoms. The maximum absolute atomic E-state index is 13.9. The lowest BCUT2D eigenvalue weighted by Crippen LogP contribution is -2.00. The average molecular weight is 249 g/mol. The summed E-state index contributed by atoms with van der Waals surface area (Å²) in [7, 11) is 1.71. The quantitative estimate of drug-likeness (QED) is 0.888. The lowest BCUT2D eigenvalue weighted by Gasteiger charge is -2.08. The van der Waals surface area contributed by atoms with Crippen LogP contribution < -0.4 is 5.32 Å². The third-order valence-electron chi connectivity index (χ3n) is 2.65. The molecule has 2 rings (SSSR count). The largest absolute Gasteiger partial charge is 0.373 e. The summed E-state index contributed by atoms with van der Waals surface area (Å²) in [6.45, 7) is 3.22. The molecular formula is C13H13F2N3. The Morgan fingerprint density at radius 2 is 1.78 bits per heavy atom. The molecule has 1 aromatic carbocycles. The zero-order chi connectivity index (χ0) is 13.3. The van der Waals surface area contributed by atoms with Crippen molar-refractivity contribution in [2.75, 3.05) is 12.4 Å². The molecule has 0 aliphatic rings. The van der Waals surface area contributed by atoms with Crippen molar-refractivity contribution in [3.05, 3.63) is 41.2 Å². The van der Waals surface area contributed by atoms with E-state index in [0.717, 1.165) is 0 Å². The van der Waals surface area contributed by atoms with E-state index in [4.69, 9.17) is 0 Å². The number of nitrogens with zero attached hydrogens (tertiary/aromatic N) is 2. The number of hydrogen-bond donors (Lipinski definition) is 1. The van der Waals surface area contributed by atoms with Crippen molar-refractivity contribution in [2.45, 2.75) is 13.8 Å². The van der Waals surface area contributed by atoms with Crippen molar-refractivity contribution < 1.29 is 8.78 Å². The third kappa shape index (κ3) is 2.16. The molecule has 0 atom stereocenters. The van der Waals surface area contributed by atoms with Crippen LogP contribution in [0, 0.1) is 25.5 Å². The highest BCUT2D eigenvalue weighted by molar-refractivity contribution is 5.63. The van der Waals surface area contributed by atoms with Gasteiger partial charge in [-0.25, -0.2) is 18.7 Å². The fourth-order valence-corrected chi connectivity index (χ4v) is 1.68. The molecule has 1 heterocycles. The average Bonchev–Trinajstić information content (AvgIpc) is 2.35. The molecule has 0 fully saturated rings. The number of aromatic nitrogens is 2. The van der Waals surface area contributed by atoms with E-state index in [1.54, 1.807) is 20.0 Å². The van der Waals surface area contributed by atoms with Gasteiger partial charge in [0.05, 0.1) is 5.69 Å². The van der Waals surface area contributed by atoms with Crippen molar-refractivity contribution in [1.82, 2.24) is 9.97 Å². The van der Waals surface area contributed by atoms with Crippen LogP contribution >= 0.6 is 0 Å². The van der Waals surface area contributed by atoms with Crippen LogP contribution in [0.2, 0.25) is 0 Å². The summed E-state index contributed by atoms with van der Waals surface area (Å²) in [6.07, 6.45) is 0. The van der Waals surface area contributed by atoms with Gasteiger partial charge in [0.25, 0.3) is 0 Å². The summed E-state index contributed by atoms with van der Waals surface area (Å²) in [5.74, 6) is -0.653. The third-order valence-corrected chi connectivity index (χ3v) is 2.65. The summed E-state index contributed by atoms with van der Waals surface area (Å²) in [5, 5.41) is 2.86. The molecule has 1 N–H and O–H groups in total. The molecule has 0 spiro atoms. The van der Waals surface area contributed by atoms with Crippen molar-refractivity contribution in [3.8, 4) is 11.3 Å². The lowest BCUT2D eigenvalue weighted by molar-refractivity contribution is 0.505. The SMILES string of the molecule is CNc1cc(-c2ccc(C)c(F)c2F)nc(C)n1. The van der Waals surface area contributed by atoms with E-state index in [2.05, 4.69) is 15.3 Å². The van der Waals surface area contributed by atoms with E-state index in [1.807, 2.05) is 0 Å². The molecule has 0 saturated heterocycles. The number of nitrogens with one attached hydrogen (secondary N) is 1. The van der Waals surface area contributed by atoms with Gasteiger partial charge in [0, 0.05) is 18.7 Å². The van der Waals surface area contributed by atoms with Crippen LogP contribution in [-0.2, 0) is 0 Å².